The number of rotatable bonds is 5. The molecule has 218 valence electrons. The summed E-state index contributed by atoms with van der Waals surface area (Å²) in [6, 6.07) is 7.66. The van der Waals surface area contributed by atoms with Crippen LogP contribution in [0.4, 0.5) is 34.3 Å². The first-order chi connectivity index (χ1) is 19.1. The second-order valence-electron chi connectivity index (χ2n) is 10.9. The number of alkyl halides is 3. The molecule has 2 aromatic rings. The van der Waals surface area contributed by atoms with Crippen LogP contribution in [0.2, 0.25) is 0 Å². The van der Waals surface area contributed by atoms with Crippen molar-refractivity contribution in [3.63, 3.8) is 0 Å². The highest BCUT2D eigenvalue weighted by Crippen LogP contribution is 2.37. The molecule has 3 heterocycles. The van der Waals surface area contributed by atoms with E-state index in [2.05, 4.69) is 10.3 Å². The third-order valence-electron chi connectivity index (χ3n) is 6.36. The van der Waals surface area contributed by atoms with Crippen molar-refractivity contribution in [2.75, 3.05) is 23.8 Å². The fourth-order valence-electron chi connectivity index (χ4n) is 4.62. The number of benzene rings is 1. The van der Waals surface area contributed by atoms with Gasteiger partial charge < -0.3 is 20.3 Å². The summed E-state index contributed by atoms with van der Waals surface area (Å²) in [5.74, 6) is 1.24. The summed E-state index contributed by atoms with van der Waals surface area (Å²) in [5, 5.41) is 4.26. The molecule has 0 saturated carbocycles. The second kappa shape index (κ2) is 11.3. The minimum atomic E-state index is -4.49. The number of carbonyl (C=O) groups excluding carboxylic acids is 2. The first-order valence-electron chi connectivity index (χ1n) is 13.0. The van der Waals surface area contributed by atoms with Gasteiger partial charge in [0.25, 0.3) is 0 Å². The van der Waals surface area contributed by atoms with E-state index in [4.69, 9.17) is 9.73 Å². The van der Waals surface area contributed by atoms with Gasteiger partial charge in [-0.2, -0.15) is 13.2 Å². The van der Waals surface area contributed by atoms with Crippen LogP contribution < -0.4 is 15.5 Å². The number of pyridine rings is 1. The van der Waals surface area contributed by atoms with E-state index in [-0.39, 0.29) is 12.1 Å². The Balaban J connectivity index is 1.48. The van der Waals surface area contributed by atoms with Crippen molar-refractivity contribution in [3.05, 3.63) is 71.6 Å². The van der Waals surface area contributed by atoms with Gasteiger partial charge in [0, 0.05) is 30.7 Å². The fraction of sp³-hybridized carbons (Fsp3) is 0.379. The number of nitrogens with zero attached hydrogens (tertiary/aromatic N) is 4. The number of aromatic nitrogens is 1. The van der Waals surface area contributed by atoms with E-state index in [0.29, 0.717) is 11.5 Å². The lowest BCUT2D eigenvalue weighted by Crippen LogP contribution is -2.36. The number of ether oxygens (including phenoxy) is 1. The van der Waals surface area contributed by atoms with Gasteiger partial charge in [-0.25, -0.2) is 14.6 Å². The van der Waals surface area contributed by atoms with Gasteiger partial charge in [-0.15, -0.1) is 0 Å². The Hall–Kier alpha value is -4.35. The molecule has 2 aliphatic heterocycles. The maximum absolute atomic E-state index is 12.5. The molecule has 12 heteroatoms. The van der Waals surface area contributed by atoms with E-state index >= 15 is 0 Å². The van der Waals surface area contributed by atoms with E-state index in [1.165, 1.54) is 4.90 Å². The van der Waals surface area contributed by atoms with Gasteiger partial charge in [-0.05, 0) is 81.7 Å². The van der Waals surface area contributed by atoms with Crippen LogP contribution in [0, 0.1) is 6.92 Å². The highest BCUT2D eigenvalue weighted by atomic mass is 19.4. The highest BCUT2D eigenvalue weighted by Gasteiger charge is 2.34. The zero-order valence-corrected chi connectivity index (χ0v) is 23.7. The Morgan fingerprint density at radius 2 is 1.90 bits per heavy atom. The number of halogens is 3. The van der Waals surface area contributed by atoms with Crippen LogP contribution in [0.25, 0.3) is 5.57 Å². The highest BCUT2D eigenvalue weighted by molar-refractivity contribution is 6.05. The molecule has 4 rings (SSSR count). The molecular formula is C29H33F3N6O3. The molecule has 41 heavy (non-hydrogen) atoms. The maximum Gasteiger partial charge on any atom is 0.415 e. The van der Waals surface area contributed by atoms with Crippen molar-refractivity contribution in [2.45, 2.75) is 58.5 Å². The largest absolute Gasteiger partial charge is 0.443 e. The Kier molecular flexibility index (Phi) is 8.14. The maximum atomic E-state index is 12.5. The summed E-state index contributed by atoms with van der Waals surface area (Å²) in [7, 11) is 1.62. The van der Waals surface area contributed by atoms with Gasteiger partial charge in [0.05, 0.1) is 12.1 Å². The second-order valence-corrected chi connectivity index (χ2v) is 10.9. The summed E-state index contributed by atoms with van der Waals surface area (Å²) in [6.07, 6.45) is 2.54. The molecule has 0 radical (unpaired) electrons. The number of nitrogens with one attached hydrogen (secondary N) is 2. The van der Waals surface area contributed by atoms with Crippen LogP contribution >= 0.6 is 0 Å². The number of urea groups is 1. The van der Waals surface area contributed by atoms with Crippen LogP contribution in [0.15, 0.2) is 59.9 Å². The van der Waals surface area contributed by atoms with E-state index in [1.54, 1.807) is 57.5 Å². The van der Waals surface area contributed by atoms with Crippen LogP contribution in [-0.2, 0) is 4.74 Å². The lowest BCUT2D eigenvalue weighted by atomic mass is 9.98. The van der Waals surface area contributed by atoms with Gasteiger partial charge in [0.2, 0.25) is 0 Å². The number of hydrogen-bond donors (Lipinski definition) is 2. The molecule has 3 amide bonds. The SMILES string of the molecule is Cc1cc(C2=CC3=NC(C)C(c4cccc(NC(=O)NCC(F)(F)F)c4)N3C=C2)cnc1N(C)C(=O)OC(C)(C)C. The molecule has 0 bridgehead atoms. The molecule has 0 saturated heterocycles. The number of amidine groups is 1. The molecule has 0 aliphatic carbocycles. The van der Waals surface area contributed by atoms with Crippen LogP contribution in [0.3, 0.4) is 0 Å². The predicted octanol–water partition coefficient (Wildman–Crippen LogP) is 6.20. The molecular weight excluding hydrogens is 537 g/mol. The van der Waals surface area contributed by atoms with Crippen LogP contribution in [0.5, 0.6) is 0 Å². The molecule has 1 aromatic heterocycles. The molecule has 2 unspecified atom stereocenters. The van der Waals surface area contributed by atoms with E-state index in [0.717, 1.165) is 28.1 Å². The van der Waals surface area contributed by atoms with Crippen molar-refractivity contribution in [1.29, 1.82) is 0 Å². The minimum absolute atomic E-state index is 0.135. The molecule has 0 spiro atoms. The van der Waals surface area contributed by atoms with Crippen molar-refractivity contribution in [2.24, 2.45) is 4.99 Å². The summed E-state index contributed by atoms with van der Waals surface area (Å²) in [5.41, 5.74) is 3.15. The van der Waals surface area contributed by atoms with Crippen LogP contribution in [0.1, 0.15) is 50.4 Å². The minimum Gasteiger partial charge on any atom is -0.443 e. The zero-order valence-electron chi connectivity index (χ0n) is 23.7. The molecule has 9 nitrogen and oxygen atoms in total. The Morgan fingerprint density at radius 3 is 2.56 bits per heavy atom. The summed E-state index contributed by atoms with van der Waals surface area (Å²) >= 11 is 0. The lowest BCUT2D eigenvalue weighted by molar-refractivity contribution is -0.122. The van der Waals surface area contributed by atoms with Crippen molar-refractivity contribution in [1.82, 2.24) is 15.2 Å². The molecule has 2 atom stereocenters. The number of amides is 3. The van der Waals surface area contributed by atoms with Gasteiger partial charge in [-0.3, -0.25) is 9.89 Å². The summed E-state index contributed by atoms with van der Waals surface area (Å²) in [4.78, 5) is 37.2. The smallest absolute Gasteiger partial charge is 0.415 e. The van der Waals surface area contributed by atoms with Crippen LogP contribution in [-0.4, -0.2) is 59.3 Å². The van der Waals surface area contributed by atoms with E-state index in [9.17, 15) is 22.8 Å². The monoisotopic (exact) mass is 570 g/mol. The van der Waals surface area contributed by atoms with Crippen molar-refractivity contribution >= 4 is 35.0 Å². The first kappa shape index (κ1) is 29.6. The number of allylic oxidation sites excluding steroid dienone is 2. The normalized spacial score (nSPS) is 18.3. The average Bonchev–Trinajstić information content (AvgIpc) is 3.20. The number of anilines is 2. The molecule has 2 aliphatic rings. The Labute approximate surface area is 236 Å². The predicted molar refractivity (Wildman–Crippen MR) is 152 cm³/mol. The number of fused-ring (bicyclic) bond motifs is 1. The van der Waals surface area contributed by atoms with E-state index in [1.807, 2.05) is 49.2 Å². The fourth-order valence-corrected chi connectivity index (χ4v) is 4.62. The Morgan fingerprint density at radius 1 is 1.17 bits per heavy atom. The van der Waals surface area contributed by atoms with Gasteiger partial charge in [-0.1, -0.05) is 12.1 Å². The number of aryl methyl sites for hydroxylation is 1. The molecule has 2 N–H and O–H groups in total. The average molecular weight is 571 g/mol. The number of aliphatic imine (C=N–C) groups is 1. The Bertz CT molecular complexity index is 1430. The van der Waals surface area contributed by atoms with E-state index < -0.39 is 30.4 Å². The standard InChI is InChI=1S/C29H33F3N6O3/c1-17-12-21(15-33-25(17)37(6)27(40)41-28(3,4)5)19-10-11-38-23(14-19)35-18(2)24(38)20-8-7-9-22(13-20)36-26(39)34-16-29(30,31)32/h7-15,18,24H,16H2,1-6H3,(H2,34,36,39). The third kappa shape index (κ3) is 7.24. The van der Waals surface area contributed by atoms with Gasteiger partial charge >= 0.3 is 18.3 Å². The van der Waals surface area contributed by atoms with Crippen molar-refractivity contribution in [3.8, 4) is 0 Å². The topological polar surface area (TPSA) is 99.2 Å². The summed E-state index contributed by atoms with van der Waals surface area (Å²) in [6.45, 7) is 7.85. The quantitative estimate of drug-likeness (QED) is 0.446. The first-order valence-corrected chi connectivity index (χ1v) is 13.0. The van der Waals surface area contributed by atoms with Crippen molar-refractivity contribution < 1.29 is 27.5 Å². The molecule has 0 fully saturated rings. The van der Waals surface area contributed by atoms with Gasteiger partial charge in [0.1, 0.15) is 23.8 Å². The third-order valence-corrected chi connectivity index (χ3v) is 6.36. The molecule has 1 aromatic carbocycles. The number of carbonyl (C=O) groups is 2. The number of hydrogen-bond acceptors (Lipinski definition) is 6. The van der Waals surface area contributed by atoms with Gasteiger partial charge in [0.15, 0.2) is 0 Å². The zero-order chi connectivity index (χ0) is 30.1. The summed E-state index contributed by atoms with van der Waals surface area (Å²) < 4.78 is 42.7. The lowest BCUT2D eigenvalue weighted by Gasteiger charge is -2.28.